The Morgan fingerprint density at radius 1 is 1.03 bits per heavy atom. The number of carbonyl (C=O) groups excluding carboxylic acids is 2. The zero-order valence-corrected chi connectivity index (χ0v) is 21.4. The molecular weight excluding hydrogens is 466 g/mol. The van der Waals surface area contributed by atoms with Crippen molar-refractivity contribution in [1.82, 2.24) is 20.1 Å². The molecule has 0 spiro atoms. The number of hydrogen-bond donors (Lipinski definition) is 2. The lowest BCUT2D eigenvalue weighted by atomic mass is 10.0. The second-order valence-electron chi connectivity index (χ2n) is 8.12. The Morgan fingerprint density at radius 2 is 1.69 bits per heavy atom. The number of thioether (sulfide) groups is 1. The molecule has 1 aromatic heterocycles. The summed E-state index contributed by atoms with van der Waals surface area (Å²) in [5.41, 5.74) is 1.22. The first kappa shape index (κ1) is 26.1. The first-order valence-corrected chi connectivity index (χ1v) is 12.3. The van der Waals surface area contributed by atoms with Crippen LogP contribution in [0.2, 0.25) is 0 Å². The van der Waals surface area contributed by atoms with Crippen LogP contribution in [0.5, 0.6) is 11.5 Å². The molecule has 0 saturated heterocycles. The monoisotopic (exact) mass is 497 g/mol. The fourth-order valence-corrected chi connectivity index (χ4v) is 4.07. The highest BCUT2D eigenvalue weighted by molar-refractivity contribution is 7.99. The number of nitrogens with zero attached hydrogens (tertiary/aromatic N) is 3. The molecule has 1 heterocycles. The summed E-state index contributed by atoms with van der Waals surface area (Å²) in [7, 11) is 3.41. The minimum Gasteiger partial charge on any atom is -0.497 e. The van der Waals surface area contributed by atoms with E-state index < -0.39 is 0 Å². The molecule has 3 aromatic rings. The molecule has 0 saturated carbocycles. The van der Waals surface area contributed by atoms with Crippen molar-refractivity contribution in [3.05, 3.63) is 59.9 Å². The van der Waals surface area contributed by atoms with Crippen molar-refractivity contribution in [2.24, 2.45) is 13.0 Å². The molecule has 0 radical (unpaired) electrons. The van der Waals surface area contributed by atoms with Crippen LogP contribution in [0.1, 0.15) is 43.0 Å². The van der Waals surface area contributed by atoms with Gasteiger partial charge in [0, 0.05) is 18.3 Å². The number of carbonyl (C=O) groups is 2. The lowest BCUT2D eigenvalue weighted by Crippen LogP contribution is -2.33. The standard InChI is InChI=1S/C25H31N5O4S/c1-6-34-20-13-9-18(10-14-20)26-21(31)15-35-25-29-28-23(30(25)4)22(16(2)3)27-24(32)17-7-11-19(33-5)12-8-17/h7-14,16,22H,6,15H2,1-5H3,(H,26,31)(H,27,32)/t22-/m0/s1. The third-order valence-corrected chi connectivity index (χ3v) is 6.25. The molecule has 2 aromatic carbocycles. The largest absolute Gasteiger partial charge is 0.497 e. The van der Waals surface area contributed by atoms with E-state index in [4.69, 9.17) is 9.47 Å². The van der Waals surface area contributed by atoms with Crippen LogP contribution in [0, 0.1) is 5.92 Å². The Labute approximate surface area is 209 Å². The Kier molecular flexibility index (Phi) is 9.13. The smallest absolute Gasteiger partial charge is 0.251 e. The predicted molar refractivity (Wildman–Crippen MR) is 136 cm³/mol. The first-order chi connectivity index (χ1) is 16.8. The van der Waals surface area contributed by atoms with E-state index in [1.165, 1.54) is 11.8 Å². The fourth-order valence-electron chi connectivity index (χ4n) is 3.35. The molecule has 0 unspecified atom stereocenters. The van der Waals surface area contributed by atoms with Crippen LogP contribution in [-0.4, -0.2) is 46.0 Å². The van der Waals surface area contributed by atoms with Crippen molar-refractivity contribution >= 4 is 29.3 Å². The van der Waals surface area contributed by atoms with Crippen LogP contribution in [0.4, 0.5) is 5.69 Å². The van der Waals surface area contributed by atoms with Gasteiger partial charge >= 0.3 is 0 Å². The van der Waals surface area contributed by atoms with Crippen molar-refractivity contribution in [2.75, 3.05) is 24.8 Å². The molecule has 2 amide bonds. The lowest BCUT2D eigenvalue weighted by Gasteiger charge is -2.21. The van der Waals surface area contributed by atoms with E-state index in [0.29, 0.717) is 34.6 Å². The molecule has 0 aliphatic heterocycles. The Balaban J connectivity index is 1.61. The van der Waals surface area contributed by atoms with Crippen molar-refractivity contribution in [1.29, 1.82) is 0 Å². The van der Waals surface area contributed by atoms with Gasteiger partial charge in [-0.25, -0.2) is 0 Å². The third kappa shape index (κ3) is 6.98. The van der Waals surface area contributed by atoms with Gasteiger partial charge in [0.05, 0.1) is 25.5 Å². The van der Waals surface area contributed by atoms with Gasteiger partial charge in [0.1, 0.15) is 11.5 Å². The van der Waals surface area contributed by atoms with Gasteiger partial charge in [0.25, 0.3) is 5.91 Å². The highest BCUT2D eigenvalue weighted by Crippen LogP contribution is 2.25. The highest BCUT2D eigenvalue weighted by Gasteiger charge is 2.25. The van der Waals surface area contributed by atoms with Crippen LogP contribution in [0.15, 0.2) is 53.7 Å². The number of ether oxygens (including phenoxy) is 2. The van der Waals surface area contributed by atoms with Gasteiger partial charge in [-0.3, -0.25) is 9.59 Å². The maximum absolute atomic E-state index is 12.8. The average molecular weight is 498 g/mol. The quantitative estimate of drug-likeness (QED) is 0.384. The van der Waals surface area contributed by atoms with E-state index in [-0.39, 0.29) is 29.5 Å². The van der Waals surface area contributed by atoms with Crippen molar-refractivity contribution in [3.63, 3.8) is 0 Å². The van der Waals surface area contributed by atoms with E-state index in [0.717, 1.165) is 5.75 Å². The number of hydrogen-bond acceptors (Lipinski definition) is 7. The zero-order chi connectivity index (χ0) is 25.4. The van der Waals surface area contributed by atoms with Gasteiger partial charge in [-0.1, -0.05) is 25.6 Å². The highest BCUT2D eigenvalue weighted by atomic mass is 32.2. The van der Waals surface area contributed by atoms with E-state index >= 15 is 0 Å². The van der Waals surface area contributed by atoms with Crippen LogP contribution in [0.3, 0.4) is 0 Å². The van der Waals surface area contributed by atoms with Gasteiger partial charge in [0.2, 0.25) is 5.91 Å². The fraction of sp³-hybridized carbons (Fsp3) is 0.360. The maximum Gasteiger partial charge on any atom is 0.251 e. The van der Waals surface area contributed by atoms with Gasteiger partial charge in [-0.2, -0.15) is 0 Å². The Morgan fingerprint density at radius 3 is 2.29 bits per heavy atom. The number of rotatable bonds is 11. The predicted octanol–water partition coefficient (Wildman–Crippen LogP) is 4.08. The molecule has 10 heteroatoms. The molecule has 0 aliphatic rings. The number of benzene rings is 2. The summed E-state index contributed by atoms with van der Waals surface area (Å²) in [6, 6.07) is 13.8. The summed E-state index contributed by atoms with van der Waals surface area (Å²) >= 11 is 1.28. The maximum atomic E-state index is 12.8. The second-order valence-corrected chi connectivity index (χ2v) is 9.06. The van der Waals surface area contributed by atoms with E-state index in [1.807, 2.05) is 44.5 Å². The number of methoxy groups -OCH3 is 1. The molecule has 0 fully saturated rings. The summed E-state index contributed by atoms with van der Waals surface area (Å²) < 4.78 is 12.4. The summed E-state index contributed by atoms with van der Waals surface area (Å²) in [5, 5.41) is 15.1. The molecular formula is C25H31N5O4S. The van der Waals surface area contributed by atoms with Crippen LogP contribution >= 0.6 is 11.8 Å². The van der Waals surface area contributed by atoms with Crippen LogP contribution < -0.4 is 20.1 Å². The molecule has 0 bridgehead atoms. The summed E-state index contributed by atoms with van der Waals surface area (Å²) in [5.74, 6) is 1.94. The average Bonchev–Trinajstić information content (AvgIpc) is 3.22. The number of nitrogens with one attached hydrogen (secondary N) is 2. The second kappa shape index (κ2) is 12.3. The first-order valence-electron chi connectivity index (χ1n) is 11.3. The summed E-state index contributed by atoms with van der Waals surface area (Å²) in [6.45, 7) is 6.52. The van der Waals surface area contributed by atoms with Crippen molar-refractivity contribution in [2.45, 2.75) is 32.0 Å². The van der Waals surface area contributed by atoms with Crippen molar-refractivity contribution < 1.29 is 19.1 Å². The van der Waals surface area contributed by atoms with E-state index in [9.17, 15) is 9.59 Å². The molecule has 2 N–H and O–H groups in total. The number of anilines is 1. The number of aromatic nitrogens is 3. The molecule has 9 nitrogen and oxygen atoms in total. The molecule has 0 aliphatic carbocycles. The molecule has 1 atom stereocenters. The van der Waals surface area contributed by atoms with Gasteiger partial charge in [0.15, 0.2) is 11.0 Å². The topological polar surface area (TPSA) is 107 Å². The molecule has 35 heavy (non-hydrogen) atoms. The lowest BCUT2D eigenvalue weighted by molar-refractivity contribution is -0.113. The summed E-state index contributed by atoms with van der Waals surface area (Å²) in [4.78, 5) is 25.2. The van der Waals surface area contributed by atoms with Crippen LogP contribution in [-0.2, 0) is 11.8 Å². The normalized spacial score (nSPS) is 11.7. The van der Waals surface area contributed by atoms with Gasteiger partial charge in [-0.05, 0) is 61.4 Å². The molecule has 186 valence electrons. The minimum absolute atomic E-state index is 0.0703. The minimum atomic E-state index is -0.353. The zero-order valence-electron chi connectivity index (χ0n) is 20.6. The molecule has 3 rings (SSSR count). The van der Waals surface area contributed by atoms with E-state index in [2.05, 4.69) is 20.8 Å². The van der Waals surface area contributed by atoms with Crippen molar-refractivity contribution in [3.8, 4) is 11.5 Å². The SMILES string of the molecule is CCOc1ccc(NC(=O)CSc2nnc([C@@H](NC(=O)c3ccc(OC)cc3)C(C)C)n2C)cc1. The van der Waals surface area contributed by atoms with E-state index in [1.54, 1.807) is 43.5 Å². The number of amides is 2. The Bertz CT molecular complexity index is 1130. The van der Waals surface area contributed by atoms with Gasteiger partial charge < -0.3 is 24.7 Å². The summed E-state index contributed by atoms with van der Waals surface area (Å²) in [6.07, 6.45) is 0. The third-order valence-electron chi connectivity index (χ3n) is 5.23. The van der Waals surface area contributed by atoms with Gasteiger partial charge in [-0.15, -0.1) is 10.2 Å². The van der Waals surface area contributed by atoms with Crippen LogP contribution in [0.25, 0.3) is 0 Å². The Hall–Kier alpha value is -3.53.